The number of aromatic nitrogens is 4. The van der Waals surface area contributed by atoms with Gasteiger partial charge in [0, 0.05) is 11.1 Å². The number of nitrogens with one attached hydrogen (secondary N) is 2. The van der Waals surface area contributed by atoms with Gasteiger partial charge in [-0.15, -0.1) is 0 Å². The number of hydrogen-bond donors (Lipinski definition) is 2. The van der Waals surface area contributed by atoms with E-state index in [1.54, 1.807) is 19.9 Å². The first-order chi connectivity index (χ1) is 9.97. The van der Waals surface area contributed by atoms with Crippen LogP contribution in [0.1, 0.15) is 42.8 Å². The van der Waals surface area contributed by atoms with Gasteiger partial charge in [0.2, 0.25) is 0 Å². The fraction of sp³-hybridized carbons (Fsp3) is 0.467. The molecular formula is C15H22N4O2. The van der Waals surface area contributed by atoms with Crippen molar-refractivity contribution in [1.82, 2.24) is 20.4 Å². The number of hydrogen-bond acceptors (Lipinski definition) is 4. The first-order valence-electron chi connectivity index (χ1n) is 7.08. The van der Waals surface area contributed by atoms with Crippen molar-refractivity contribution in [2.24, 2.45) is 0 Å². The Morgan fingerprint density at radius 3 is 1.81 bits per heavy atom. The van der Waals surface area contributed by atoms with E-state index in [0.29, 0.717) is 0 Å². The van der Waals surface area contributed by atoms with Crippen molar-refractivity contribution < 1.29 is 0 Å². The molecule has 0 radical (unpaired) electrons. The topological polar surface area (TPSA) is 91.5 Å². The summed E-state index contributed by atoms with van der Waals surface area (Å²) in [5.41, 5.74) is 3.17. The standard InChI is InChI=1S/C8H12N2O.C7H10N2O/c1-3-4-7-5-6(2)8(11)10-9-7;1-3-6-4-5(2)7(10)9-8-6/h5H,3-4H2,1-2H3,(H,10,11);4H,3H2,1-2H3,(H,9,10). The Morgan fingerprint density at radius 2 is 1.38 bits per heavy atom. The number of H-pyrrole nitrogens is 2. The summed E-state index contributed by atoms with van der Waals surface area (Å²) in [6.07, 6.45) is 2.84. The average molecular weight is 290 g/mol. The predicted octanol–water partition coefficient (Wildman–Crippen LogP) is 1.67. The summed E-state index contributed by atoms with van der Waals surface area (Å²) < 4.78 is 0. The fourth-order valence-electron chi connectivity index (χ4n) is 1.68. The molecule has 6 nitrogen and oxygen atoms in total. The van der Waals surface area contributed by atoms with Crippen LogP contribution in [0.5, 0.6) is 0 Å². The van der Waals surface area contributed by atoms with E-state index in [1.807, 2.05) is 13.0 Å². The fourth-order valence-corrected chi connectivity index (χ4v) is 1.68. The lowest BCUT2D eigenvalue weighted by Crippen LogP contribution is -2.12. The van der Waals surface area contributed by atoms with E-state index in [1.165, 1.54) is 0 Å². The first kappa shape index (κ1) is 16.8. The SMILES string of the molecule is CCCc1cc(C)c(=O)[nH]n1.CCc1cc(C)c(=O)[nH]n1. The van der Waals surface area contributed by atoms with Gasteiger partial charge in [-0.1, -0.05) is 20.3 Å². The van der Waals surface area contributed by atoms with E-state index in [4.69, 9.17) is 0 Å². The van der Waals surface area contributed by atoms with Gasteiger partial charge in [-0.25, -0.2) is 10.2 Å². The molecule has 2 aromatic heterocycles. The Morgan fingerprint density at radius 1 is 0.905 bits per heavy atom. The normalized spacial score (nSPS) is 9.90. The molecule has 0 spiro atoms. The van der Waals surface area contributed by atoms with Crippen molar-refractivity contribution in [3.63, 3.8) is 0 Å². The van der Waals surface area contributed by atoms with Gasteiger partial charge in [-0.05, 0) is 38.8 Å². The van der Waals surface area contributed by atoms with Gasteiger partial charge in [0.15, 0.2) is 0 Å². The molecule has 0 fully saturated rings. The van der Waals surface area contributed by atoms with Crippen molar-refractivity contribution in [2.75, 3.05) is 0 Å². The third-order valence-electron chi connectivity index (χ3n) is 2.95. The van der Waals surface area contributed by atoms with Crippen LogP contribution in [0.2, 0.25) is 0 Å². The summed E-state index contributed by atoms with van der Waals surface area (Å²) in [6, 6.07) is 3.64. The molecule has 2 rings (SSSR count). The van der Waals surface area contributed by atoms with Crippen LogP contribution in [0.3, 0.4) is 0 Å². The van der Waals surface area contributed by atoms with E-state index in [9.17, 15) is 9.59 Å². The second-order valence-corrected chi connectivity index (χ2v) is 4.85. The summed E-state index contributed by atoms with van der Waals surface area (Å²) in [4.78, 5) is 21.6. The second kappa shape index (κ2) is 8.14. The third-order valence-corrected chi connectivity index (χ3v) is 2.95. The molecule has 0 unspecified atom stereocenters. The van der Waals surface area contributed by atoms with E-state index >= 15 is 0 Å². The van der Waals surface area contributed by atoms with Gasteiger partial charge < -0.3 is 0 Å². The minimum Gasteiger partial charge on any atom is -0.268 e. The van der Waals surface area contributed by atoms with Crippen LogP contribution in [0, 0.1) is 13.8 Å². The zero-order valence-corrected chi connectivity index (χ0v) is 13.0. The molecule has 114 valence electrons. The summed E-state index contributed by atoms with van der Waals surface area (Å²) in [5.74, 6) is 0. The molecule has 0 atom stereocenters. The lowest BCUT2D eigenvalue weighted by atomic mass is 10.2. The molecular weight excluding hydrogens is 268 g/mol. The maximum absolute atomic E-state index is 10.9. The summed E-state index contributed by atoms with van der Waals surface area (Å²) in [7, 11) is 0. The molecule has 0 aromatic carbocycles. The number of rotatable bonds is 3. The second-order valence-electron chi connectivity index (χ2n) is 4.85. The van der Waals surface area contributed by atoms with Crippen LogP contribution >= 0.6 is 0 Å². The van der Waals surface area contributed by atoms with Crippen LogP contribution in [0.4, 0.5) is 0 Å². The van der Waals surface area contributed by atoms with Crippen LogP contribution in [-0.4, -0.2) is 20.4 Å². The maximum Gasteiger partial charge on any atom is 0.267 e. The van der Waals surface area contributed by atoms with E-state index in [-0.39, 0.29) is 11.1 Å². The van der Waals surface area contributed by atoms with Crippen molar-refractivity contribution in [3.8, 4) is 0 Å². The Balaban J connectivity index is 0.000000211. The highest BCUT2D eigenvalue weighted by Crippen LogP contribution is 1.96. The van der Waals surface area contributed by atoms with Gasteiger partial charge in [0.1, 0.15) is 0 Å². The van der Waals surface area contributed by atoms with Gasteiger partial charge in [0.05, 0.1) is 11.4 Å². The van der Waals surface area contributed by atoms with E-state index in [0.717, 1.165) is 41.8 Å². The van der Waals surface area contributed by atoms with Crippen molar-refractivity contribution in [3.05, 3.63) is 55.4 Å². The van der Waals surface area contributed by atoms with Crippen molar-refractivity contribution >= 4 is 0 Å². The zero-order chi connectivity index (χ0) is 15.8. The number of nitrogens with zero attached hydrogens (tertiary/aromatic N) is 2. The minimum absolute atomic E-state index is 0.0927. The highest BCUT2D eigenvalue weighted by Gasteiger charge is 1.96. The molecule has 0 aliphatic heterocycles. The molecule has 0 aliphatic rings. The van der Waals surface area contributed by atoms with Crippen LogP contribution < -0.4 is 11.1 Å². The van der Waals surface area contributed by atoms with Crippen LogP contribution in [-0.2, 0) is 12.8 Å². The average Bonchev–Trinajstić information content (AvgIpc) is 2.47. The number of aryl methyl sites for hydroxylation is 4. The zero-order valence-electron chi connectivity index (χ0n) is 13.0. The third kappa shape index (κ3) is 5.33. The molecule has 0 bridgehead atoms. The Labute approximate surface area is 123 Å². The van der Waals surface area contributed by atoms with E-state index < -0.39 is 0 Å². The summed E-state index contributed by atoms with van der Waals surface area (Å²) in [6.45, 7) is 7.65. The molecule has 21 heavy (non-hydrogen) atoms. The summed E-state index contributed by atoms with van der Waals surface area (Å²) >= 11 is 0. The molecule has 0 amide bonds. The highest BCUT2D eigenvalue weighted by atomic mass is 16.1. The molecule has 0 aliphatic carbocycles. The monoisotopic (exact) mass is 290 g/mol. The predicted molar refractivity (Wildman–Crippen MR) is 82.6 cm³/mol. The maximum atomic E-state index is 10.9. The smallest absolute Gasteiger partial charge is 0.267 e. The van der Waals surface area contributed by atoms with Crippen LogP contribution in [0.25, 0.3) is 0 Å². The Kier molecular flexibility index (Phi) is 6.52. The molecule has 2 N–H and O–H groups in total. The first-order valence-corrected chi connectivity index (χ1v) is 7.08. The van der Waals surface area contributed by atoms with Crippen molar-refractivity contribution in [1.29, 1.82) is 0 Å². The Bertz CT molecular complexity index is 689. The molecule has 2 heterocycles. The quantitative estimate of drug-likeness (QED) is 0.899. The van der Waals surface area contributed by atoms with Gasteiger partial charge in [-0.3, -0.25) is 9.59 Å². The highest BCUT2D eigenvalue weighted by molar-refractivity contribution is 5.11. The lowest BCUT2D eigenvalue weighted by Gasteiger charge is -1.96. The number of aromatic amines is 2. The molecule has 6 heteroatoms. The Hall–Kier alpha value is -2.24. The van der Waals surface area contributed by atoms with Crippen molar-refractivity contribution in [2.45, 2.75) is 47.0 Å². The summed E-state index contributed by atoms with van der Waals surface area (Å²) in [5, 5.41) is 12.6. The molecule has 0 saturated carbocycles. The van der Waals surface area contributed by atoms with Crippen LogP contribution in [0.15, 0.2) is 21.7 Å². The minimum atomic E-state index is -0.0998. The lowest BCUT2D eigenvalue weighted by molar-refractivity contribution is 0.821. The van der Waals surface area contributed by atoms with Gasteiger partial charge >= 0.3 is 0 Å². The molecule has 0 saturated heterocycles. The molecule has 2 aromatic rings. The van der Waals surface area contributed by atoms with Gasteiger partial charge in [0.25, 0.3) is 11.1 Å². The largest absolute Gasteiger partial charge is 0.268 e. The van der Waals surface area contributed by atoms with Gasteiger partial charge in [-0.2, -0.15) is 10.2 Å². The van der Waals surface area contributed by atoms with E-state index in [2.05, 4.69) is 27.3 Å².